The van der Waals surface area contributed by atoms with Crippen molar-refractivity contribution in [1.29, 1.82) is 0 Å². The first-order valence-electron chi connectivity index (χ1n) is 5.79. The molecule has 0 bridgehead atoms. The molecule has 1 heterocycles. The van der Waals surface area contributed by atoms with Gasteiger partial charge in [-0.15, -0.1) is 0 Å². The predicted octanol–water partition coefficient (Wildman–Crippen LogP) is 3.12. The summed E-state index contributed by atoms with van der Waals surface area (Å²) in [4.78, 5) is 12.1. The third-order valence-electron chi connectivity index (χ3n) is 2.52. The van der Waals surface area contributed by atoms with Crippen molar-refractivity contribution < 1.29 is 4.79 Å². The zero-order valence-corrected chi connectivity index (χ0v) is 12.6. The van der Waals surface area contributed by atoms with Crippen LogP contribution < -0.4 is 5.32 Å². The molecule has 0 aliphatic heterocycles. The lowest BCUT2D eigenvalue weighted by Gasteiger charge is -2.14. The highest BCUT2D eigenvalue weighted by Gasteiger charge is 2.11. The van der Waals surface area contributed by atoms with E-state index < -0.39 is 0 Å². The molecule has 19 heavy (non-hydrogen) atoms. The van der Waals surface area contributed by atoms with Crippen molar-refractivity contribution in [3.63, 3.8) is 0 Å². The van der Waals surface area contributed by atoms with Crippen molar-refractivity contribution in [2.45, 2.75) is 19.5 Å². The molecule has 0 aliphatic rings. The Morgan fingerprint density at radius 3 is 2.95 bits per heavy atom. The van der Waals surface area contributed by atoms with Crippen LogP contribution in [0.3, 0.4) is 0 Å². The quantitative estimate of drug-likeness (QED) is 0.928. The molecule has 1 unspecified atom stereocenters. The molecule has 1 aromatic carbocycles. The highest BCUT2D eigenvalue weighted by atomic mass is 79.9. The van der Waals surface area contributed by atoms with Crippen LogP contribution in [0.15, 0.2) is 41.1 Å². The Labute approximate surface area is 124 Å². The molecule has 0 saturated heterocycles. The highest BCUT2D eigenvalue weighted by Crippen LogP contribution is 2.19. The first-order chi connectivity index (χ1) is 9.04. The van der Waals surface area contributed by atoms with E-state index in [1.54, 1.807) is 29.1 Å². The summed E-state index contributed by atoms with van der Waals surface area (Å²) < 4.78 is 2.56. The molecule has 1 aromatic heterocycles. The van der Waals surface area contributed by atoms with Gasteiger partial charge in [-0.05, 0) is 31.2 Å². The van der Waals surface area contributed by atoms with Crippen molar-refractivity contribution in [2.75, 3.05) is 0 Å². The number of aromatic nitrogens is 2. The minimum atomic E-state index is -0.150. The Bertz CT molecular complexity index is 551. The topological polar surface area (TPSA) is 46.9 Å². The first kappa shape index (κ1) is 14.1. The number of hydrogen-bond acceptors (Lipinski definition) is 2. The lowest BCUT2D eigenvalue weighted by Crippen LogP contribution is -2.35. The Kier molecular flexibility index (Phi) is 4.61. The molecule has 1 atom stereocenters. The van der Waals surface area contributed by atoms with Gasteiger partial charge in [0.15, 0.2) is 0 Å². The number of carbonyl (C=O) groups excluding carboxylic acids is 1. The van der Waals surface area contributed by atoms with Gasteiger partial charge in [-0.1, -0.05) is 27.5 Å². The summed E-state index contributed by atoms with van der Waals surface area (Å²) in [6.07, 6.45) is 3.57. The van der Waals surface area contributed by atoms with E-state index in [1.807, 2.05) is 19.2 Å². The van der Waals surface area contributed by atoms with Gasteiger partial charge in [0.2, 0.25) is 0 Å². The largest absolute Gasteiger partial charge is 0.348 e. The van der Waals surface area contributed by atoms with E-state index in [0.29, 0.717) is 17.1 Å². The molecule has 0 spiro atoms. The maximum atomic E-state index is 12.1. The number of hydrogen-bond donors (Lipinski definition) is 1. The van der Waals surface area contributed by atoms with Gasteiger partial charge in [-0.3, -0.25) is 9.48 Å². The van der Waals surface area contributed by atoms with E-state index in [9.17, 15) is 4.79 Å². The summed E-state index contributed by atoms with van der Waals surface area (Å²) in [6.45, 7) is 2.56. The monoisotopic (exact) mass is 341 g/mol. The summed E-state index contributed by atoms with van der Waals surface area (Å²) in [5.74, 6) is -0.150. The molecule has 6 heteroatoms. The number of benzene rings is 1. The molecule has 0 aliphatic carbocycles. The number of carbonyl (C=O) groups is 1. The van der Waals surface area contributed by atoms with Gasteiger partial charge in [0.25, 0.3) is 5.91 Å². The van der Waals surface area contributed by atoms with Gasteiger partial charge in [-0.2, -0.15) is 5.10 Å². The van der Waals surface area contributed by atoms with E-state index in [4.69, 9.17) is 11.6 Å². The van der Waals surface area contributed by atoms with Crippen LogP contribution >= 0.6 is 27.5 Å². The van der Waals surface area contributed by atoms with E-state index in [2.05, 4.69) is 26.3 Å². The Hall–Kier alpha value is -1.33. The van der Waals surface area contributed by atoms with Crippen molar-refractivity contribution in [3.05, 3.63) is 51.7 Å². The van der Waals surface area contributed by atoms with E-state index in [1.165, 1.54) is 0 Å². The third-order valence-corrected chi connectivity index (χ3v) is 3.20. The number of nitrogens with one attached hydrogen (secondary N) is 1. The zero-order chi connectivity index (χ0) is 13.8. The van der Waals surface area contributed by atoms with Crippen molar-refractivity contribution in [1.82, 2.24) is 15.1 Å². The van der Waals surface area contributed by atoms with Gasteiger partial charge in [-0.25, -0.2) is 0 Å². The molecule has 0 saturated carbocycles. The normalized spacial score (nSPS) is 12.2. The first-order valence-corrected chi connectivity index (χ1v) is 6.96. The third kappa shape index (κ3) is 4.08. The van der Waals surface area contributed by atoms with E-state index in [-0.39, 0.29) is 11.9 Å². The zero-order valence-electron chi connectivity index (χ0n) is 10.3. The molecule has 1 N–H and O–H groups in total. The average Bonchev–Trinajstić information content (AvgIpc) is 2.80. The lowest BCUT2D eigenvalue weighted by atomic mass is 10.2. The van der Waals surface area contributed by atoms with Gasteiger partial charge < -0.3 is 5.32 Å². The fraction of sp³-hybridized carbons (Fsp3) is 0.231. The van der Waals surface area contributed by atoms with Gasteiger partial charge in [0.1, 0.15) is 0 Å². The fourth-order valence-corrected chi connectivity index (χ4v) is 2.59. The second kappa shape index (κ2) is 6.21. The summed E-state index contributed by atoms with van der Waals surface area (Å²) >= 11 is 9.24. The highest BCUT2D eigenvalue weighted by molar-refractivity contribution is 9.10. The Morgan fingerprint density at radius 2 is 2.32 bits per heavy atom. The molecule has 2 aromatic rings. The summed E-state index contributed by atoms with van der Waals surface area (Å²) in [5, 5.41) is 7.54. The summed E-state index contributed by atoms with van der Waals surface area (Å²) in [5.41, 5.74) is 0.534. The molecular formula is C13H13BrClN3O. The lowest BCUT2D eigenvalue weighted by molar-refractivity contribution is 0.0936. The molecule has 2 rings (SSSR count). The average molecular weight is 343 g/mol. The standard InChI is InChI=1S/C13H13BrClN3O/c1-9(8-18-4-2-3-16-18)17-13(19)10-5-11(14)7-12(15)6-10/h2-7,9H,8H2,1H3,(H,17,19). The van der Waals surface area contributed by atoms with E-state index in [0.717, 1.165) is 4.47 Å². The molecule has 0 fully saturated rings. The van der Waals surface area contributed by atoms with Crippen LogP contribution in [0, 0.1) is 0 Å². The second-order valence-electron chi connectivity index (χ2n) is 4.26. The number of nitrogens with zero attached hydrogens (tertiary/aromatic N) is 2. The molecular weight excluding hydrogens is 330 g/mol. The minimum Gasteiger partial charge on any atom is -0.348 e. The van der Waals surface area contributed by atoms with Gasteiger partial charge in [0.05, 0.1) is 6.54 Å². The van der Waals surface area contributed by atoms with Crippen LogP contribution in [0.4, 0.5) is 0 Å². The maximum Gasteiger partial charge on any atom is 0.251 e. The molecule has 100 valence electrons. The van der Waals surface area contributed by atoms with E-state index >= 15 is 0 Å². The van der Waals surface area contributed by atoms with Crippen LogP contribution in [-0.2, 0) is 6.54 Å². The van der Waals surface area contributed by atoms with Crippen molar-refractivity contribution in [2.24, 2.45) is 0 Å². The summed E-state index contributed by atoms with van der Waals surface area (Å²) in [7, 11) is 0. The van der Waals surface area contributed by atoms with Crippen LogP contribution in [0.5, 0.6) is 0 Å². The second-order valence-corrected chi connectivity index (χ2v) is 5.61. The maximum absolute atomic E-state index is 12.1. The number of amides is 1. The molecule has 0 radical (unpaired) electrons. The van der Waals surface area contributed by atoms with Crippen LogP contribution in [0.25, 0.3) is 0 Å². The number of rotatable bonds is 4. The molecule has 4 nitrogen and oxygen atoms in total. The minimum absolute atomic E-state index is 0.0230. The number of halogens is 2. The Morgan fingerprint density at radius 1 is 1.53 bits per heavy atom. The summed E-state index contributed by atoms with van der Waals surface area (Å²) in [6, 6.07) is 6.95. The van der Waals surface area contributed by atoms with Crippen LogP contribution in [0.2, 0.25) is 5.02 Å². The van der Waals surface area contributed by atoms with Crippen LogP contribution in [0.1, 0.15) is 17.3 Å². The van der Waals surface area contributed by atoms with Crippen molar-refractivity contribution >= 4 is 33.4 Å². The predicted molar refractivity (Wildman–Crippen MR) is 78.3 cm³/mol. The van der Waals surface area contributed by atoms with Gasteiger partial charge >= 0.3 is 0 Å². The molecule has 1 amide bonds. The SMILES string of the molecule is CC(Cn1cccn1)NC(=O)c1cc(Cl)cc(Br)c1. The Balaban J connectivity index is 2.00. The fourth-order valence-electron chi connectivity index (χ4n) is 1.73. The van der Waals surface area contributed by atoms with Crippen molar-refractivity contribution in [3.8, 4) is 0 Å². The van der Waals surface area contributed by atoms with Crippen LogP contribution in [-0.4, -0.2) is 21.7 Å². The van der Waals surface area contributed by atoms with Gasteiger partial charge in [0, 0.05) is 33.5 Å². The smallest absolute Gasteiger partial charge is 0.251 e.